The van der Waals surface area contributed by atoms with Gasteiger partial charge in [0.05, 0.1) is 17.3 Å². The van der Waals surface area contributed by atoms with Gasteiger partial charge in [-0.3, -0.25) is 0 Å². The van der Waals surface area contributed by atoms with Crippen LogP contribution < -0.4 is 5.32 Å². The maximum atomic E-state index is 13.7. The van der Waals surface area contributed by atoms with Crippen molar-refractivity contribution < 1.29 is 4.39 Å². The highest BCUT2D eigenvalue weighted by Gasteiger charge is 2.04. The molecule has 0 atom stereocenters. The second-order valence-electron chi connectivity index (χ2n) is 4.23. The summed E-state index contributed by atoms with van der Waals surface area (Å²) in [5.74, 6) is -0.425. The van der Waals surface area contributed by atoms with E-state index in [1.165, 1.54) is 6.07 Å². The maximum absolute atomic E-state index is 13.7. The molecule has 1 N–H and O–H groups in total. The first-order valence-electron chi connectivity index (χ1n) is 5.78. The van der Waals surface area contributed by atoms with Crippen LogP contribution in [0.4, 0.5) is 10.1 Å². The zero-order valence-corrected chi connectivity index (χ0v) is 11.1. The van der Waals surface area contributed by atoms with Gasteiger partial charge in [-0.05, 0) is 48.4 Å². The molecule has 0 heterocycles. The Hall–Kier alpha value is -2.05. The normalized spacial score (nSPS) is 10.0. The molecule has 0 bridgehead atoms. The van der Waals surface area contributed by atoms with E-state index in [2.05, 4.69) is 5.32 Å². The highest BCUT2D eigenvalue weighted by atomic mass is 35.5. The van der Waals surface area contributed by atoms with E-state index in [0.717, 1.165) is 11.1 Å². The fraction of sp³-hybridized carbons (Fsp3) is 0.133. The average Bonchev–Trinajstić information content (AvgIpc) is 2.39. The molecule has 0 fully saturated rings. The maximum Gasteiger partial charge on any atom is 0.147 e. The zero-order chi connectivity index (χ0) is 13.8. The van der Waals surface area contributed by atoms with Crippen molar-refractivity contribution in [1.29, 1.82) is 5.26 Å². The Morgan fingerprint density at radius 3 is 2.68 bits per heavy atom. The highest BCUT2D eigenvalue weighted by molar-refractivity contribution is 6.30. The monoisotopic (exact) mass is 274 g/mol. The van der Waals surface area contributed by atoms with Crippen molar-refractivity contribution in [2.75, 3.05) is 5.32 Å². The molecule has 0 radical (unpaired) electrons. The lowest BCUT2D eigenvalue weighted by Gasteiger charge is -2.10. The molecule has 2 aromatic rings. The number of anilines is 1. The standard InChI is InChI=1S/C15H12ClFN2/c1-10-6-13(16)4-3-12(10)9-19-15-5-2-11(8-18)7-14(15)17/h2-7,19H,9H2,1H3. The summed E-state index contributed by atoms with van der Waals surface area (Å²) in [6, 6.07) is 11.9. The van der Waals surface area contributed by atoms with Crippen molar-refractivity contribution in [3.8, 4) is 6.07 Å². The molecule has 0 aliphatic carbocycles. The Labute approximate surface area is 116 Å². The van der Waals surface area contributed by atoms with E-state index >= 15 is 0 Å². The van der Waals surface area contributed by atoms with E-state index in [0.29, 0.717) is 22.8 Å². The third kappa shape index (κ3) is 3.24. The molecule has 0 saturated carbocycles. The average molecular weight is 275 g/mol. The van der Waals surface area contributed by atoms with Gasteiger partial charge in [0.25, 0.3) is 0 Å². The Bertz CT molecular complexity index is 647. The number of halogens is 2. The molecule has 0 aliphatic heterocycles. The van der Waals surface area contributed by atoms with E-state index < -0.39 is 5.82 Å². The van der Waals surface area contributed by atoms with Crippen LogP contribution in [-0.4, -0.2) is 0 Å². The van der Waals surface area contributed by atoms with Gasteiger partial charge in [0, 0.05) is 11.6 Å². The number of nitrogens with zero attached hydrogens (tertiary/aromatic N) is 1. The van der Waals surface area contributed by atoms with Crippen LogP contribution in [0, 0.1) is 24.1 Å². The van der Waals surface area contributed by atoms with Crippen molar-refractivity contribution >= 4 is 17.3 Å². The van der Waals surface area contributed by atoms with Crippen LogP contribution in [0.25, 0.3) is 0 Å². The number of hydrogen-bond acceptors (Lipinski definition) is 2. The molecule has 0 saturated heterocycles. The van der Waals surface area contributed by atoms with Crippen molar-refractivity contribution in [2.24, 2.45) is 0 Å². The lowest BCUT2D eigenvalue weighted by molar-refractivity contribution is 0.629. The molecular formula is C15H12ClFN2. The molecule has 0 aliphatic rings. The molecule has 0 spiro atoms. The van der Waals surface area contributed by atoms with Crippen LogP contribution in [0.1, 0.15) is 16.7 Å². The van der Waals surface area contributed by atoms with Gasteiger partial charge >= 0.3 is 0 Å². The third-order valence-electron chi connectivity index (χ3n) is 2.87. The highest BCUT2D eigenvalue weighted by Crippen LogP contribution is 2.19. The van der Waals surface area contributed by atoms with Gasteiger partial charge in [-0.15, -0.1) is 0 Å². The van der Waals surface area contributed by atoms with Crippen LogP contribution in [0.5, 0.6) is 0 Å². The van der Waals surface area contributed by atoms with E-state index in [9.17, 15) is 4.39 Å². The summed E-state index contributed by atoms with van der Waals surface area (Å²) >= 11 is 5.88. The van der Waals surface area contributed by atoms with Crippen molar-refractivity contribution in [3.05, 3.63) is 63.9 Å². The fourth-order valence-electron chi connectivity index (χ4n) is 1.78. The topological polar surface area (TPSA) is 35.8 Å². The molecular weight excluding hydrogens is 263 g/mol. The van der Waals surface area contributed by atoms with Gasteiger partial charge in [0.2, 0.25) is 0 Å². The van der Waals surface area contributed by atoms with Crippen molar-refractivity contribution in [1.82, 2.24) is 0 Å². The summed E-state index contributed by atoms with van der Waals surface area (Å²) in [5.41, 5.74) is 2.79. The van der Waals surface area contributed by atoms with E-state index in [1.807, 2.05) is 25.1 Å². The molecule has 4 heteroatoms. The van der Waals surface area contributed by atoms with E-state index in [1.54, 1.807) is 18.2 Å². The smallest absolute Gasteiger partial charge is 0.147 e. The largest absolute Gasteiger partial charge is 0.379 e. The van der Waals surface area contributed by atoms with Gasteiger partial charge < -0.3 is 5.32 Å². The Kier molecular flexibility index (Phi) is 4.03. The van der Waals surface area contributed by atoms with Gasteiger partial charge in [-0.1, -0.05) is 17.7 Å². The second-order valence-corrected chi connectivity index (χ2v) is 4.67. The van der Waals surface area contributed by atoms with Crippen LogP contribution in [0.2, 0.25) is 5.02 Å². The molecule has 0 amide bonds. The Morgan fingerprint density at radius 1 is 1.26 bits per heavy atom. The minimum Gasteiger partial charge on any atom is -0.379 e. The number of rotatable bonds is 3. The SMILES string of the molecule is Cc1cc(Cl)ccc1CNc1ccc(C#N)cc1F. The molecule has 2 nitrogen and oxygen atoms in total. The summed E-state index contributed by atoms with van der Waals surface area (Å²) in [6.45, 7) is 2.46. The van der Waals surface area contributed by atoms with Crippen LogP contribution in [-0.2, 0) is 6.54 Å². The first-order valence-corrected chi connectivity index (χ1v) is 6.16. The predicted molar refractivity (Wildman–Crippen MR) is 74.6 cm³/mol. The Morgan fingerprint density at radius 2 is 2.05 bits per heavy atom. The zero-order valence-electron chi connectivity index (χ0n) is 10.4. The van der Waals surface area contributed by atoms with Crippen LogP contribution in [0.3, 0.4) is 0 Å². The number of benzene rings is 2. The molecule has 2 aromatic carbocycles. The minimum atomic E-state index is -0.425. The summed E-state index contributed by atoms with van der Waals surface area (Å²) in [4.78, 5) is 0. The number of aryl methyl sites for hydroxylation is 1. The van der Waals surface area contributed by atoms with Crippen molar-refractivity contribution in [3.63, 3.8) is 0 Å². The molecule has 96 valence electrons. The molecule has 0 aromatic heterocycles. The summed E-state index contributed by atoms with van der Waals surface area (Å²) in [5, 5.41) is 12.4. The van der Waals surface area contributed by atoms with Gasteiger partial charge in [0.15, 0.2) is 0 Å². The predicted octanol–water partition coefficient (Wildman–Crippen LogP) is 4.27. The molecule has 0 unspecified atom stereocenters. The summed E-state index contributed by atoms with van der Waals surface area (Å²) < 4.78 is 13.7. The molecule has 19 heavy (non-hydrogen) atoms. The second kappa shape index (κ2) is 5.73. The number of nitrogens with one attached hydrogen (secondary N) is 1. The quantitative estimate of drug-likeness (QED) is 0.907. The summed E-state index contributed by atoms with van der Waals surface area (Å²) in [6.07, 6.45) is 0. The number of hydrogen-bond donors (Lipinski definition) is 1. The van der Waals surface area contributed by atoms with E-state index in [-0.39, 0.29) is 0 Å². The van der Waals surface area contributed by atoms with Crippen LogP contribution >= 0.6 is 11.6 Å². The van der Waals surface area contributed by atoms with Gasteiger partial charge in [-0.25, -0.2) is 4.39 Å². The Balaban J connectivity index is 2.13. The first-order chi connectivity index (χ1) is 9.10. The van der Waals surface area contributed by atoms with Gasteiger partial charge in [0.1, 0.15) is 5.82 Å². The molecule has 2 rings (SSSR count). The van der Waals surface area contributed by atoms with Gasteiger partial charge in [-0.2, -0.15) is 5.26 Å². The van der Waals surface area contributed by atoms with Crippen LogP contribution in [0.15, 0.2) is 36.4 Å². The lowest BCUT2D eigenvalue weighted by atomic mass is 10.1. The fourth-order valence-corrected chi connectivity index (χ4v) is 2.00. The first kappa shape index (κ1) is 13.4. The van der Waals surface area contributed by atoms with Crippen molar-refractivity contribution in [2.45, 2.75) is 13.5 Å². The third-order valence-corrected chi connectivity index (χ3v) is 3.11. The number of nitriles is 1. The van der Waals surface area contributed by atoms with E-state index in [4.69, 9.17) is 16.9 Å². The lowest BCUT2D eigenvalue weighted by Crippen LogP contribution is -2.03. The minimum absolute atomic E-state index is 0.311. The summed E-state index contributed by atoms with van der Waals surface area (Å²) in [7, 11) is 0.